The molecule has 0 saturated carbocycles. The van der Waals surface area contributed by atoms with Crippen LogP contribution in [0.25, 0.3) is 0 Å². The minimum Gasteiger partial charge on any atom is -0.497 e. The van der Waals surface area contributed by atoms with E-state index in [4.69, 9.17) is 15.2 Å². The number of ether oxygens (including phenoxy) is 2. The maximum atomic E-state index is 12.1. The van der Waals surface area contributed by atoms with E-state index in [1.807, 2.05) is 0 Å². The third-order valence-electron chi connectivity index (χ3n) is 2.58. The molecule has 0 aliphatic rings. The van der Waals surface area contributed by atoms with Crippen LogP contribution in [0.3, 0.4) is 0 Å². The lowest BCUT2D eigenvalue weighted by Gasteiger charge is -2.17. The summed E-state index contributed by atoms with van der Waals surface area (Å²) in [6.07, 6.45) is -5.28. The third-order valence-corrected chi connectivity index (χ3v) is 2.58. The molecule has 2 N–H and O–H groups in total. The topological polar surface area (TPSA) is 44.5 Å². The summed E-state index contributed by atoms with van der Waals surface area (Å²) in [4.78, 5) is 0. The van der Waals surface area contributed by atoms with Gasteiger partial charge in [0, 0.05) is 24.1 Å². The Morgan fingerprint density at radius 1 is 1.22 bits per heavy atom. The lowest BCUT2D eigenvalue weighted by atomic mass is 10.0. The van der Waals surface area contributed by atoms with E-state index in [0.29, 0.717) is 17.1 Å². The number of rotatable bonds is 5. The predicted octanol–water partition coefficient (Wildman–Crippen LogP) is 3.05. The molecule has 0 heterocycles. The average molecular weight is 263 g/mol. The highest BCUT2D eigenvalue weighted by molar-refractivity contribution is 5.42. The SMILES string of the molecule is COc1ccc(C(N)CCC(F)(F)F)c(OC)c1. The zero-order valence-corrected chi connectivity index (χ0v) is 10.3. The summed E-state index contributed by atoms with van der Waals surface area (Å²) in [5.74, 6) is 1.00. The van der Waals surface area contributed by atoms with Gasteiger partial charge in [-0.1, -0.05) is 6.07 Å². The van der Waals surface area contributed by atoms with E-state index in [2.05, 4.69) is 0 Å². The van der Waals surface area contributed by atoms with Gasteiger partial charge in [-0.3, -0.25) is 0 Å². The molecule has 0 amide bonds. The molecule has 0 saturated heterocycles. The highest BCUT2D eigenvalue weighted by Crippen LogP contribution is 2.32. The van der Waals surface area contributed by atoms with Crippen LogP contribution in [0.4, 0.5) is 13.2 Å². The molecule has 1 unspecified atom stereocenters. The van der Waals surface area contributed by atoms with Crippen molar-refractivity contribution in [1.29, 1.82) is 0 Å². The van der Waals surface area contributed by atoms with E-state index in [0.717, 1.165) is 0 Å². The fraction of sp³-hybridized carbons (Fsp3) is 0.500. The monoisotopic (exact) mass is 263 g/mol. The smallest absolute Gasteiger partial charge is 0.389 e. The first-order chi connectivity index (χ1) is 8.37. The number of benzene rings is 1. The molecule has 0 spiro atoms. The maximum Gasteiger partial charge on any atom is 0.389 e. The van der Waals surface area contributed by atoms with Crippen molar-refractivity contribution in [2.75, 3.05) is 14.2 Å². The van der Waals surface area contributed by atoms with Gasteiger partial charge in [0.05, 0.1) is 14.2 Å². The Morgan fingerprint density at radius 2 is 1.89 bits per heavy atom. The second kappa shape index (κ2) is 5.95. The van der Waals surface area contributed by atoms with Gasteiger partial charge in [0.2, 0.25) is 0 Å². The van der Waals surface area contributed by atoms with Crippen LogP contribution in [0, 0.1) is 0 Å². The number of methoxy groups -OCH3 is 2. The Balaban J connectivity index is 2.81. The summed E-state index contributed by atoms with van der Waals surface area (Å²) >= 11 is 0. The molecular formula is C12H16F3NO2. The predicted molar refractivity (Wildman–Crippen MR) is 61.8 cm³/mol. The van der Waals surface area contributed by atoms with Crippen molar-refractivity contribution in [3.63, 3.8) is 0 Å². The van der Waals surface area contributed by atoms with Crippen LogP contribution >= 0.6 is 0 Å². The van der Waals surface area contributed by atoms with E-state index in [1.165, 1.54) is 14.2 Å². The van der Waals surface area contributed by atoms with Gasteiger partial charge in [0.1, 0.15) is 11.5 Å². The van der Waals surface area contributed by atoms with Crippen molar-refractivity contribution in [3.8, 4) is 11.5 Å². The van der Waals surface area contributed by atoms with Crippen molar-refractivity contribution in [2.45, 2.75) is 25.1 Å². The van der Waals surface area contributed by atoms with Crippen molar-refractivity contribution in [1.82, 2.24) is 0 Å². The summed E-state index contributed by atoms with van der Waals surface area (Å²) in [5.41, 5.74) is 6.29. The molecule has 0 aliphatic carbocycles. The Morgan fingerprint density at radius 3 is 2.39 bits per heavy atom. The van der Waals surface area contributed by atoms with Gasteiger partial charge in [0.15, 0.2) is 0 Å². The molecule has 1 rings (SSSR count). The molecule has 0 aliphatic heterocycles. The van der Waals surface area contributed by atoms with Crippen molar-refractivity contribution in [2.24, 2.45) is 5.73 Å². The molecule has 6 heteroatoms. The molecule has 1 aromatic rings. The van der Waals surface area contributed by atoms with Gasteiger partial charge in [0.25, 0.3) is 0 Å². The van der Waals surface area contributed by atoms with E-state index in [1.54, 1.807) is 18.2 Å². The molecule has 0 radical (unpaired) electrons. The second-order valence-electron chi connectivity index (χ2n) is 3.87. The van der Waals surface area contributed by atoms with Crippen LogP contribution in [0.2, 0.25) is 0 Å². The summed E-state index contributed by atoms with van der Waals surface area (Å²) in [7, 11) is 2.94. The summed E-state index contributed by atoms with van der Waals surface area (Å²) < 4.78 is 46.5. The van der Waals surface area contributed by atoms with Crippen LogP contribution < -0.4 is 15.2 Å². The van der Waals surface area contributed by atoms with E-state index >= 15 is 0 Å². The quantitative estimate of drug-likeness (QED) is 0.888. The first-order valence-corrected chi connectivity index (χ1v) is 5.41. The maximum absolute atomic E-state index is 12.1. The number of alkyl halides is 3. The minimum absolute atomic E-state index is 0.174. The van der Waals surface area contributed by atoms with Crippen molar-refractivity contribution in [3.05, 3.63) is 23.8 Å². The summed E-state index contributed by atoms with van der Waals surface area (Å²) in [6, 6.07) is 4.15. The molecular weight excluding hydrogens is 247 g/mol. The summed E-state index contributed by atoms with van der Waals surface area (Å²) in [6.45, 7) is 0. The van der Waals surface area contributed by atoms with Crippen LogP contribution in [-0.4, -0.2) is 20.4 Å². The fourth-order valence-corrected chi connectivity index (χ4v) is 1.60. The fourth-order valence-electron chi connectivity index (χ4n) is 1.60. The van der Waals surface area contributed by atoms with Crippen molar-refractivity contribution >= 4 is 0 Å². The standard InChI is InChI=1S/C12H16F3NO2/c1-17-8-3-4-9(11(7-8)18-2)10(16)5-6-12(13,14)15/h3-4,7,10H,5-6,16H2,1-2H3. The van der Waals surface area contributed by atoms with Crippen LogP contribution in [-0.2, 0) is 0 Å². The number of hydrogen-bond acceptors (Lipinski definition) is 3. The molecule has 3 nitrogen and oxygen atoms in total. The zero-order valence-electron chi connectivity index (χ0n) is 10.3. The Bertz CT molecular complexity index is 393. The Kier molecular flexibility index (Phi) is 4.84. The summed E-state index contributed by atoms with van der Waals surface area (Å²) in [5, 5.41) is 0. The van der Waals surface area contributed by atoms with E-state index in [9.17, 15) is 13.2 Å². The highest BCUT2D eigenvalue weighted by Gasteiger charge is 2.28. The molecule has 1 aromatic carbocycles. The van der Waals surface area contributed by atoms with Gasteiger partial charge < -0.3 is 15.2 Å². The van der Waals surface area contributed by atoms with Gasteiger partial charge in [-0.05, 0) is 12.5 Å². The van der Waals surface area contributed by atoms with E-state index in [-0.39, 0.29) is 6.42 Å². The molecule has 1 atom stereocenters. The van der Waals surface area contributed by atoms with E-state index < -0.39 is 18.6 Å². The molecule has 0 fully saturated rings. The lowest BCUT2D eigenvalue weighted by molar-refractivity contribution is -0.136. The van der Waals surface area contributed by atoms with Crippen LogP contribution in [0.15, 0.2) is 18.2 Å². The average Bonchev–Trinajstić information content (AvgIpc) is 2.34. The normalized spacial score (nSPS) is 13.2. The van der Waals surface area contributed by atoms with Crippen LogP contribution in [0.1, 0.15) is 24.4 Å². The Labute approximate surface area is 104 Å². The molecule has 18 heavy (non-hydrogen) atoms. The van der Waals surface area contributed by atoms with Gasteiger partial charge in [-0.25, -0.2) is 0 Å². The first kappa shape index (κ1) is 14.6. The van der Waals surface area contributed by atoms with Gasteiger partial charge in [-0.15, -0.1) is 0 Å². The lowest BCUT2D eigenvalue weighted by Crippen LogP contribution is -2.16. The van der Waals surface area contributed by atoms with Gasteiger partial charge in [-0.2, -0.15) is 13.2 Å². The zero-order chi connectivity index (χ0) is 13.8. The third kappa shape index (κ3) is 4.10. The molecule has 102 valence electrons. The van der Waals surface area contributed by atoms with Crippen LogP contribution in [0.5, 0.6) is 11.5 Å². The van der Waals surface area contributed by atoms with Gasteiger partial charge >= 0.3 is 6.18 Å². The van der Waals surface area contributed by atoms with Crippen molar-refractivity contribution < 1.29 is 22.6 Å². The molecule has 0 bridgehead atoms. The first-order valence-electron chi connectivity index (χ1n) is 5.41. The largest absolute Gasteiger partial charge is 0.497 e. The minimum atomic E-state index is -4.20. The highest BCUT2D eigenvalue weighted by atomic mass is 19.4. The second-order valence-corrected chi connectivity index (χ2v) is 3.87. The number of nitrogens with two attached hydrogens (primary N) is 1. The Hall–Kier alpha value is -1.43. The number of halogens is 3. The number of hydrogen-bond donors (Lipinski definition) is 1. The molecule has 0 aromatic heterocycles.